The minimum Gasteiger partial charge on any atom is -0.415 e. The van der Waals surface area contributed by atoms with Crippen LogP contribution < -0.4 is 0 Å². The average molecular weight is 333 g/mol. The summed E-state index contributed by atoms with van der Waals surface area (Å²) >= 11 is 0. The molecule has 3 nitrogen and oxygen atoms in total. The zero-order chi connectivity index (χ0) is 17.1. The van der Waals surface area contributed by atoms with Crippen molar-refractivity contribution in [2.24, 2.45) is 0 Å². The van der Waals surface area contributed by atoms with Crippen LogP contribution in [0.4, 0.5) is 0 Å². The zero-order valence-corrected chi connectivity index (χ0v) is 16.2. The maximum Gasteiger partial charge on any atom is 0.254 e. The van der Waals surface area contributed by atoms with E-state index in [0.29, 0.717) is 12.2 Å². The highest BCUT2D eigenvalue weighted by Crippen LogP contribution is 2.37. The van der Waals surface area contributed by atoms with Gasteiger partial charge in [0.25, 0.3) is 5.91 Å². The van der Waals surface area contributed by atoms with Crippen molar-refractivity contribution in [1.29, 1.82) is 0 Å². The molecule has 0 unspecified atom stereocenters. The Kier molecular flexibility index (Phi) is 5.68. The molecule has 23 heavy (non-hydrogen) atoms. The quantitative estimate of drug-likeness (QED) is 0.760. The van der Waals surface area contributed by atoms with Gasteiger partial charge in [-0.1, -0.05) is 39.0 Å². The molecule has 1 aliphatic heterocycles. The smallest absolute Gasteiger partial charge is 0.254 e. The van der Waals surface area contributed by atoms with E-state index in [4.69, 9.17) is 4.43 Å². The molecule has 0 N–H and O–H groups in total. The molecule has 1 aromatic carbocycles. The molecule has 0 aliphatic carbocycles. The highest BCUT2D eigenvalue weighted by molar-refractivity contribution is 6.74. The fourth-order valence-electron chi connectivity index (χ4n) is 2.64. The number of hydrogen-bond donors (Lipinski definition) is 0. The largest absolute Gasteiger partial charge is 0.415 e. The van der Waals surface area contributed by atoms with Crippen molar-refractivity contribution in [1.82, 2.24) is 4.90 Å². The highest BCUT2D eigenvalue weighted by atomic mass is 28.4. The second-order valence-electron chi connectivity index (χ2n) is 8.00. The summed E-state index contributed by atoms with van der Waals surface area (Å²) in [5.74, 6) is 0.0918. The third-order valence-electron chi connectivity index (χ3n) is 5.27. The van der Waals surface area contributed by atoms with Crippen LogP contribution >= 0.6 is 0 Å². The molecule has 1 radical (unpaired) electrons. The number of carbonyl (C=O) groups excluding carboxylic acids is 1. The third kappa shape index (κ3) is 4.45. The van der Waals surface area contributed by atoms with Crippen LogP contribution in [0, 0.1) is 6.07 Å². The molecule has 1 heterocycles. The van der Waals surface area contributed by atoms with Gasteiger partial charge in [0.15, 0.2) is 8.32 Å². The van der Waals surface area contributed by atoms with E-state index >= 15 is 0 Å². The predicted molar refractivity (Wildman–Crippen MR) is 97.1 cm³/mol. The molecule has 0 saturated carbocycles. The molecular formula is C19H30NO2Si. The van der Waals surface area contributed by atoms with Crippen LogP contribution in [0.1, 0.15) is 50.4 Å². The standard InChI is InChI=1S/C19H30NO2Si/c1-19(2,3)23(4,5)22-15-17-13-9-10-14-20(17)18(21)16-11-7-6-8-12-16/h6-8,11,17H,9-10,13-15H2,1-5H3/t17-/m0/s1. The first-order valence-electron chi connectivity index (χ1n) is 8.64. The normalized spacial score (nSPS) is 19.7. The Bertz CT molecular complexity index is 522. The van der Waals surface area contributed by atoms with Crippen LogP contribution in [0.2, 0.25) is 18.1 Å². The molecule has 1 saturated heterocycles. The molecule has 2 rings (SSSR count). The van der Waals surface area contributed by atoms with Gasteiger partial charge in [0.05, 0.1) is 12.6 Å². The molecule has 127 valence electrons. The summed E-state index contributed by atoms with van der Waals surface area (Å²) in [6, 6.07) is 10.7. The van der Waals surface area contributed by atoms with Gasteiger partial charge in [0.1, 0.15) is 0 Å². The van der Waals surface area contributed by atoms with Gasteiger partial charge in [-0.15, -0.1) is 0 Å². The third-order valence-corrected chi connectivity index (χ3v) is 9.77. The van der Waals surface area contributed by atoms with Crippen molar-refractivity contribution < 1.29 is 9.22 Å². The van der Waals surface area contributed by atoms with E-state index in [1.54, 1.807) is 6.07 Å². The maximum atomic E-state index is 12.8. The summed E-state index contributed by atoms with van der Waals surface area (Å²) in [5.41, 5.74) is 0.659. The number of nitrogens with zero attached hydrogens (tertiary/aromatic N) is 1. The first-order valence-corrected chi connectivity index (χ1v) is 11.5. The number of rotatable bonds is 4. The monoisotopic (exact) mass is 332 g/mol. The lowest BCUT2D eigenvalue weighted by atomic mass is 10.0. The van der Waals surface area contributed by atoms with Gasteiger partial charge in [0, 0.05) is 12.1 Å². The second-order valence-corrected chi connectivity index (χ2v) is 12.8. The number of amides is 1. The van der Waals surface area contributed by atoms with E-state index in [9.17, 15) is 4.79 Å². The average Bonchev–Trinajstić information content (AvgIpc) is 2.52. The lowest BCUT2D eigenvalue weighted by Crippen LogP contribution is -2.49. The molecule has 0 bridgehead atoms. The topological polar surface area (TPSA) is 29.5 Å². The van der Waals surface area contributed by atoms with Crippen LogP contribution in [0.5, 0.6) is 0 Å². The Morgan fingerprint density at radius 1 is 1.35 bits per heavy atom. The van der Waals surface area contributed by atoms with Crippen molar-refractivity contribution in [3.63, 3.8) is 0 Å². The van der Waals surface area contributed by atoms with E-state index in [2.05, 4.69) is 39.9 Å². The second kappa shape index (κ2) is 7.18. The van der Waals surface area contributed by atoms with Crippen LogP contribution in [0.3, 0.4) is 0 Å². The SMILES string of the molecule is CC(C)(C)[Si](C)(C)OC[C@@H]1CCCCN1C(=O)c1[c]cccc1. The lowest BCUT2D eigenvalue weighted by molar-refractivity contribution is 0.0514. The van der Waals surface area contributed by atoms with Gasteiger partial charge in [-0.25, -0.2) is 0 Å². The molecule has 0 aromatic heterocycles. The summed E-state index contributed by atoms with van der Waals surface area (Å²) < 4.78 is 6.38. The minimum absolute atomic E-state index is 0.0918. The zero-order valence-electron chi connectivity index (χ0n) is 15.2. The Morgan fingerprint density at radius 3 is 2.70 bits per heavy atom. The summed E-state index contributed by atoms with van der Waals surface area (Å²) in [5, 5.41) is 0.198. The van der Waals surface area contributed by atoms with Gasteiger partial charge in [-0.05, 0) is 49.5 Å². The number of likely N-dealkylation sites (tertiary alicyclic amines) is 1. The summed E-state index contributed by atoms with van der Waals surface area (Å²) in [7, 11) is -1.78. The van der Waals surface area contributed by atoms with Gasteiger partial charge >= 0.3 is 0 Å². The molecule has 1 fully saturated rings. The number of hydrogen-bond acceptors (Lipinski definition) is 2. The Morgan fingerprint density at radius 2 is 2.09 bits per heavy atom. The van der Waals surface area contributed by atoms with Crippen molar-refractivity contribution in [3.05, 3.63) is 35.9 Å². The molecule has 1 aromatic rings. The van der Waals surface area contributed by atoms with Crippen molar-refractivity contribution in [3.8, 4) is 0 Å². The number of benzene rings is 1. The van der Waals surface area contributed by atoms with Crippen molar-refractivity contribution in [2.45, 2.75) is 64.2 Å². The lowest BCUT2D eigenvalue weighted by Gasteiger charge is -2.41. The maximum absolute atomic E-state index is 12.8. The van der Waals surface area contributed by atoms with Crippen LogP contribution in [0.15, 0.2) is 24.3 Å². The van der Waals surface area contributed by atoms with E-state index in [1.807, 2.05) is 23.1 Å². The Balaban J connectivity index is 2.06. The summed E-state index contributed by atoms with van der Waals surface area (Å²) in [6.45, 7) is 12.8. The van der Waals surface area contributed by atoms with Crippen LogP contribution in [0.25, 0.3) is 0 Å². The van der Waals surface area contributed by atoms with Gasteiger partial charge in [0.2, 0.25) is 0 Å². The van der Waals surface area contributed by atoms with Crippen molar-refractivity contribution >= 4 is 14.2 Å². The molecule has 1 amide bonds. The summed E-state index contributed by atoms with van der Waals surface area (Å²) in [6.07, 6.45) is 3.29. The Labute approximate surface area is 142 Å². The number of carbonyl (C=O) groups is 1. The van der Waals surface area contributed by atoms with E-state index < -0.39 is 8.32 Å². The molecule has 1 aliphatic rings. The molecule has 1 atom stereocenters. The predicted octanol–water partition coefficient (Wildman–Crippen LogP) is 4.50. The minimum atomic E-state index is -1.78. The number of piperidine rings is 1. The first-order chi connectivity index (χ1) is 10.7. The fourth-order valence-corrected chi connectivity index (χ4v) is 3.69. The van der Waals surface area contributed by atoms with Crippen LogP contribution in [-0.2, 0) is 4.43 Å². The van der Waals surface area contributed by atoms with Gasteiger partial charge in [-0.2, -0.15) is 0 Å². The van der Waals surface area contributed by atoms with Gasteiger partial charge < -0.3 is 9.33 Å². The van der Waals surface area contributed by atoms with Crippen LogP contribution in [-0.4, -0.2) is 38.3 Å². The molecule has 0 spiro atoms. The van der Waals surface area contributed by atoms with E-state index in [-0.39, 0.29) is 17.0 Å². The fraction of sp³-hybridized carbons (Fsp3) is 0.632. The molecule has 4 heteroatoms. The van der Waals surface area contributed by atoms with E-state index in [0.717, 1.165) is 19.4 Å². The highest BCUT2D eigenvalue weighted by Gasteiger charge is 2.38. The summed E-state index contributed by atoms with van der Waals surface area (Å²) in [4.78, 5) is 14.8. The van der Waals surface area contributed by atoms with Crippen molar-refractivity contribution in [2.75, 3.05) is 13.2 Å². The van der Waals surface area contributed by atoms with E-state index in [1.165, 1.54) is 6.42 Å². The first kappa shape index (κ1) is 18.2. The van der Waals surface area contributed by atoms with Gasteiger partial charge in [-0.3, -0.25) is 4.79 Å². The Hall–Kier alpha value is -1.13. The molecular weight excluding hydrogens is 302 g/mol.